The van der Waals surface area contributed by atoms with Crippen LogP contribution in [0.4, 0.5) is 11.6 Å². The van der Waals surface area contributed by atoms with E-state index in [2.05, 4.69) is 20.3 Å². The van der Waals surface area contributed by atoms with Crippen molar-refractivity contribution in [1.82, 2.24) is 15.0 Å². The first-order valence-corrected chi connectivity index (χ1v) is 9.03. The van der Waals surface area contributed by atoms with Crippen molar-refractivity contribution in [3.8, 4) is 11.1 Å². The first kappa shape index (κ1) is 18.3. The number of pyridine rings is 1. The Hall–Kier alpha value is -4.07. The topological polar surface area (TPSA) is 114 Å². The highest BCUT2D eigenvalue weighted by molar-refractivity contribution is 5.92. The molecule has 0 radical (unpaired) electrons. The quantitative estimate of drug-likeness (QED) is 0.386. The third-order valence-electron chi connectivity index (χ3n) is 4.52. The Balaban J connectivity index is 1.65. The smallest absolute Gasteiger partial charge is 0.270 e. The zero-order valence-corrected chi connectivity index (χ0v) is 15.3. The summed E-state index contributed by atoms with van der Waals surface area (Å²) in [5.74, 6) is 0.335. The van der Waals surface area contributed by atoms with Crippen molar-refractivity contribution in [2.75, 3.05) is 11.9 Å². The van der Waals surface area contributed by atoms with Crippen molar-refractivity contribution in [3.63, 3.8) is 0 Å². The van der Waals surface area contributed by atoms with Crippen molar-refractivity contribution < 1.29 is 4.92 Å². The number of nitro groups is 1. The van der Waals surface area contributed by atoms with Crippen LogP contribution in [0.1, 0.15) is 5.56 Å². The maximum Gasteiger partial charge on any atom is 0.270 e. The van der Waals surface area contributed by atoms with E-state index in [9.17, 15) is 14.9 Å². The number of H-pyrrole nitrogens is 1. The number of hydrogen-bond donors (Lipinski definition) is 2. The lowest BCUT2D eigenvalue weighted by atomic mass is 10.0. The average Bonchev–Trinajstić information content (AvgIpc) is 2.74. The zero-order chi connectivity index (χ0) is 20.2. The van der Waals surface area contributed by atoms with Gasteiger partial charge in [-0.05, 0) is 23.6 Å². The lowest BCUT2D eigenvalue weighted by molar-refractivity contribution is -0.384. The van der Waals surface area contributed by atoms with Crippen LogP contribution in [0.25, 0.3) is 22.2 Å². The molecule has 0 saturated heterocycles. The largest absolute Gasteiger partial charge is 0.355 e. The Kier molecular flexibility index (Phi) is 4.98. The van der Waals surface area contributed by atoms with Gasteiger partial charge in [0.25, 0.3) is 11.2 Å². The molecule has 0 unspecified atom stereocenters. The second-order valence-electron chi connectivity index (χ2n) is 6.44. The minimum absolute atomic E-state index is 0.0453. The van der Waals surface area contributed by atoms with Crippen LogP contribution < -0.4 is 10.9 Å². The molecule has 8 nitrogen and oxygen atoms in total. The Labute approximate surface area is 165 Å². The summed E-state index contributed by atoms with van der Waals surface area (Å²) in [7, 11) is 0. The first-order chi connectivity index (χ1) is 14.1. The van der Waals surface area contributed by atoms with Crippen molar-refractivity contribution in [2.45, 2.75) is 6.42 Å². The maximum absolute atomic E-state index is 12.7. The van der Waals surface area contributed by atoms with Crippen molar-refractivity contribution in [2.24, 2.45) is 0 Å². The van der Waals surface area contributed by atoms with Gasteiger partial charge in [-0.3, -0.25) is 19.9 Å². The second-order valence-corrected chi connectivity index (χ2v) is 6.44. The molecule has 2 N–H and O–H groups in total. The molecule has 29 heavy (non-hydrogen) atoms. The minimum atomic E-state index is -0.468. The monoisotopic (exact) mass is 387 g/mol. The highest BCUT2D eigenvalue weighted by atomic mass is 16.6. The summed E-state index contributed by atoms with van der Waals surface area (Å²) >= 11 is 0. The molecular formula is C21H17N5O3. The number of benzene rings is 2. The molecule has 0 aliphatic rings. The van der Waals surface area contributed by atoms with Crippen LogP contribution in [-0.2, 0) is 6.42 Å². The van der Waals surface area contributed by atoms with Gasteiger partial charge in [-0.1, -0.05) is 42.5 Å². The maximum atomic E-state index is 12.7. The third kappa shape index (κ3) is 3.96. The number of aromatic nitrogens is 3. The van der Waals surface area contributed by atoms with E-state index in [0.29, 0.717) is 29.0 Å². The van der Waals surface area contributed by atoms with Crippen LogP contribution in [0, 0.1) is 10.1 Å². The molecule has 0 saturated carbocycles. The molecule has 4 rings (SSSR count). The predicted octanol–water partition coefficient (Wildman–Crippen LogP) is 3.55. The molecule has 0 aliphatic carbocycles. The summed E-state index contributed by atoms with van der Waals surface area (Å²) in [5, 5.41) is 14.5. The summed E-state index contributed by atoms with van der Waals surface area (Å²) in [6, 6.07) is 17.8. The van der Waals surface area contributed by atoms with Crippen LogP contribution in [0.2, 0.25) is 0 Å². The predicted molar refractivity (Wildman–Crippen MR) is 111 cm³/mol. The molecule has 2 aromatic heterocycles. The minimum Gasteiger partial charge on any atom is -0.355 e. The normalized spacial score (nSPS) is 10.8. The fourth-order valence-corrected chi connectivity index (χ4v) is 3.14. The third-order valence-corrected chi connectivity index (χ3v) is 4.52. The molecule has 0 fully saturated rings. The number of nitrogens with zero attached hydrogens (tertiary/aromatic N) is 3. The van der Waals surface area contributed by atoms with E-state index in [4.69, 9.17) is 0 Å². The summed E-state index contributed by atoms with van der Waals surface area (Å²) in [4.78, 5) is 34.7. The van der Waals surface area contributed by atoms with Crippen LogP contribution in [-0.4, -0.2) is 26.4 Å². The van der Waals surface area contributed by atoms with Crippen molar-refractivity contribution in [1.29, 1.82) is 0 Å². The second kappa shape index (κ2) is 7.89. The van der Waals surface area contributed by atoms with Crippen molar-refractivity contribution >= 4 is 22.7 Å². The molecule has 2 aromatic carbocycles. The van der Waals surface area contributed by atoms with Gasteiger partial charge in [0.15, 0.2) is 5.65 Å². The first-order valence-electron chi connectivity index (χ1n) is 9.03. The van der Waals surface area contributed by atoms with Crippen LogP contribution in [0.5, 0.6) is 0 Å². The fourth-order valence-electron chi connectivity index (χ4n) is 3.14. The van der Waals surface area contributed by atoms with Gasteiger partial charge in [-0.25, -0.2) is 4.98 Å². The number of anilines is 1. The number of aromatic amines is 1. The Bertz CT molecular complexity index is 1240. The van der Waals surface area contributed by atoms with Gasteiger partial charge in [0.05, 0.1) is 10.3 Å². The number of fused-ring (bicyclic) bond motifs is 1. The van der Waals surface area contributed by atoms with Gasteiger partial charge in [0, 0.05) is 30.4 Å². The number of rotatable bonds is 6. The summed E-state index contributed by atoms with van der Waals surface area (Å²) in [6.45, 7) is 0.600. The lowest BCUT2D eigenvalue weighted by Crippen LogP contribution is -2.16. The van der Waals surface area contributed by atoms with Gasteiger partial charge in [-0.2, -0.15) is 4.98 Å². The lowest BCUT2D eigenvalue weighted by Gasteiger charge is -2.09. The summed E-state index contributed by atoms with van der Waals surface area (Å²) in [6.07, 6.45) is 2.32. The Morgan fingerprint density at radius 1 is 1.07 bits per heavy atom. The summed E-state index contributed by atoms with van der Waals surface area (Å²) in [5.41, 5.74) is 2.16. The molecule has 0 amide bonds. The molecular weight excluding hydrogens is 370 g/mol. The fraction of sp³-hybridized carbons (Fsp3) is 0.0952. The van der Waals surface area contributed by atoms with Crippen LogP contribution in [0.15, 0.2) is 71.7 Å². The standard InChI is InChI=1S/C21H17N5O3/c27-20-18-17(15-7-4-8-16(13-15)26(28)29)10-12-22-19(18)24-21(25-20)23-11-9-14-5-2-1-3-6-14/h1-8,10,12-13H,9,11H2,(H2,22,23,24,25,27). The van der Waals surface area contributed by atoms with Crippen LogP contribution in [0.3, 0.4) is 0 Å². The van der Waals surface area contributed by atoms with Gasteiger partial charge in [0.2, 0.25) is 5.95 Å². The highest BCUT2D eigenvalue weighted by Gasteiger charge is 2.14. The van der Waals surface area contributed by atoms with E-state index in [1.165, 1.54) is 23.9 Å². The molecule has 2 heterocycles. The molecule has 0 aliphatic heterocycles. The van der Waals surface area contributed by atoms with E-state index in [0.717, 1.165) is 6.42 Å². The average molecular weight is 387 g/mol. The number of hydrogen-bond acceptors (Lipinski definition) is 6. The molecule has 8 heteroatoms. The highest BCUT2D eigenvalue weighted by Crippen LogP contribution is 2.27. The van der Waals surface area contributed by atoms with E-state index >= 15 is 0 Å². The van der Waals surface area contributed by atoms with Gasteiger partial charge in [-0.15, -0.1) is 0 Å². The Morgan fingerprint density at radius 2 is 1.90 bits per heavy atom. The summed E-state index contributed by atoms with van der Waals surface area (Å²) < 4.78 is 0. The molecule has 0 spiro atoms. The molecule has 0 bridgehead atoms. The van der Waals surface area contributed by atoms with E-state index < -0.39 is 4.92 Å². The van der Waals surface area contributed by atoms with Crippen molar-refractivity contribution in [3.05, 3.63) is 92.9 Å². The molecule has 0 atom stereocenters. The number of nitrogens with one attached hydrogen (secondary N) is 2. The Morgan fingerprint density at radius 3 is 2.69 bits per heavy atom. The van der Waals surface area contributed by atoms with E-state index in [-0.39, 0.29) is 16.9 Å². The number of nitro benzene ring substituents is 1. The van der Waals surface area contributed by atoms with Gasteiger partial charge in [0.1, 0.15) is 0 Å². The van der Waals surface area contributed by atoms with E-state index in [1.807, 2.05) is 30.3 Å². The number of non-ortho nitro benzene ring substituents is 1. The SMILES string of the molecule is O=c1[nH]c(NCCc2ccccc2)nc2nccc(-c3cccc([N+](=O)[O-])c3)c12. The van der Waals surface area contributed by atoms with Gasteiger partial charge >= 0.3 is 0 Å². The van der Waals surface area contributed by atoms with E-state index in [1.54, 1.807) is 18.2 Å². The molecule has 4 aromatic rings. The zero-order valence-electron chi connectivity index (χ0n) is 15.3. The van der Waals surface area contributed by atoms with Crippen LogP contribution >= 0.6 is 0 Å². The molecule has 144 valence electrons. The van der Waals surface area contributed by atoms with Gasteiger partial charge < -0.3 is 5.32 Å².